The molecule has 0 atom stereocenters. The van der Waals surface area contributed by atoms with Crippen molar-refractivity contribution in [3.8, 4) is 0 Å². The lowest BCUT2D eigenvalue weighted by Gasteiger charge is -1.99. The number of aromatic carboxylic acids is 1. The number of hydrogen-bond acceptors (Lipinski definition) is 2. The van der Waals surface area contributed by atoms with Crippen LogP contribution in [-0.4, -0.2) is 21.3 Å². The normalized spacial score (nSPS) is 10.7. The summed E-state index contributed by atoms with van der Waals surface area (Å²) in [5, 5.41) is 14.5. The Morgan fingerprint density at radius 3 is 2.53 bits per heavy atom. The Morgan fingerprint density at radius 2 is 1.94 bits per heavy atom. The number of aryl methyl sites for hydroxylation is 1. The van der Waals surface area contributed by atoms with Crippen molar-refractivity contribution in [3.63, 3.8) is 0 Å². The van der Waals surface area contributed by atoms with Gasteiger partial charge in [-0.15, -0.1) is 0 Å². The molecule has 0 saturated carbocycles. The maximum atomic E-state index is 13.4. The summed E-state index contributed by atoms with van der Waals surface area (Å²) < 4.78 is 13.4. The first kappa shape index (κ1) is 13.7. The van der Waals surface area contributed by atoms with E-state index >= 15 is 0 Å². The zero-order valence-corrected chi connectivity index (χ0v) is 10.1. The fraction of sp³-hybridized carbons (Fsp3) is 0.667. The van der Waals surface area contributed by atoms with Crippen molar-refractivity contribution in [1.82, 2.24) is 10.2 Å². The molecule has 1 rings (SSSR count). The van der Waals surface area contributed by atoms with Crippen LogP contribution in [0.4, 0.5) is 4.39 Å². The molecule has 0 radical (unpaired) electrons. The number of hydrogen-bond donors (Lipinski definition) is 2. The Morgan fingerprint density at radius 1 is 1.29 bits per heavy atom. The Bertz CT molecular complexity index is 363. The molecule has 1 heterocycles. The van der Waals surface area contributed by atoms with Crippen molar-refractivity contribution >= 4 is 5.97 Å². The molecule has 5 heteroatoms. The summed E-state index contributed by atoms with van der Waals surface area (Å²) in [7, 11) is 0. The number of halogens is 1. The average molecular weight is 242 g/mol. The SMILES string of the molecule is CCCCCCCCc1[nH]nc(C(=O)O)c1F. The van der Waals surface area contributed by atoms with Gasteiger partial charge in [-0.3, -0.25) is 5.10 Å². The molecule has 0 spiro atoms. The second-order valence-corrected chi connectivity index (χ2v) is 4.19. The third kappa shape index (κ3) is 4.17. The number of carboxylic acid groups (broad SMARTS) is 1. The first-order valence-electron chi connectivity index (χ1n) is 6.12. The monoisotopic (exact) mass is 242 g/mol. The maximum Gasteiger partial charge on any atom is 0.359 e. The van der Waals surface area contributed by atoms with Crippen LogP contribution in [-0.2, 0) is 6.42 Å². The Hall–Kier alpha value is -1.39. The molecule has 2 N–H and O–H groups in total. The fourth-order valence-electron chi connectivity index (χ4n) is 1.75. The van der Waals surface area contributed by atoms with Gasteiger partial charge in [0.2, 0.25) is 5.69 Å². The molecule has 0 aromatic carbocycles. The number of aromatic amines is 1. The fourth-order valence-corrected chi connectivity index (χ4v) is 1.75. The molecule has 0 fully saturated rings. The second kappa shape index (κ2) is 7.04. The molecule has 0 aliphatic rings. The molecule has 1 aromatic heterocycles. The number of nitrogens with zero attached hydrogens (tertiary/aromatic N) is 1. The summed E-state index contributed by atoms with van der Waals surface area (Å²) in [6.45, 7) is 2.16. The molecule has 0 amide bonds. The minimum Gasteiger partial charge on any atom is -0.476 e. The van der Waals surface area contributed by atoms with Gasteiger partial charge in [0.1, 0.15) is 0 Å². The van der Waals surface area contributed by atoms with Crippen LogP contribution in [0.25, 0.3) is 0 Å². The lowest BCUT2D eigenvalue weighted by molar-refractivity contribution is 0.0685. The average Bonchev–Trinajstić information content (AvgIpc) is 2.65. The van der Waals surface area contributed by atoms with Crippen LogP contribution in [0, 0.1) is 5.82 Å². The highest BCUT2D eigenvalue weighted by Crippen LogP contribution is 2.13. The van der Waals surface area contributed by atoms with Gasteiger partial charge in [-0.25, -0.2) is 9.18 Å². The topological polar surface area (TPSA) is 66.0 Å². The summed E-state index contributed by atoms with van der Waals surface area (Å²) in [5.41, 5.74) is -0.205. The van der Waals surface area contributed by atoms with Crippen LogP contribution >= 0.6 is 0 Å². The molecule has 0 bridgehead atoms. The molecule has 0 saturated heterocycles. The van der Waals surface area contributed by atoms with Crippen molar-refractivity contribution in [1.29, 1.82) is 0 Å². The van der Waals surface area contributed by atoms with E-state index in [0.717, 1.165) is 19.3 Å². The molecular weight excluding hydrogens is 223 g/mol. The summed E-state index contributed by atoms with van der Waals surface area (Å²) in [5.74, 6) is -2.04. The van der Waals surface area contributed by atoms with Crippen molar-refractivity contribution in [2.45, 2.75) is 51.9 Å². The summed E-state index contributed by atoms with van der Waals surface area (Å²) in [4.78, 5) is 10.6. The number of unbranched alkanes of at least 4 members (excludes halogenated alkanes) is 5. The number of carbonyl (C=O) groups is 1. The number of nitrogens with one attached hydrogen (secondary N) is 1. The molecule has 17 heavy (non-hydrogen) atoms. The van der Waals surface area contributed by atoms with Gasteiger partial charge in [0, 0.05) is 0 Å². The van der Waals surface area contributed by atoms with Gasteiger partial charge in [0.15, 0.2) is 5.82 Å². The van der Waals surface area contributed by atoms with Crippen molar-refractivity contribution in [2.24, 2.45) is 0 Å². The minimum absolute atomic E-state index is 0.304. The van der Waals surface area contributed by atoms with Gasteiger partial charge in [-0.1, -0.05) is 39.0 Å². The number of carboxylic acids is 1. The Balaban J connectivity index is 2.30. The highest BCUT2D eigenvalue weighted by Gasteiger charge is 2.18. The molecule has 0 aliphatic heterocycles. The van der Waals surface area contributed by atoms with Crippen LogP contribution in [0.5, 0.6) is 0 Å². The van der Waals surface area contributed by atoms with Crippen LogP contribution in [0.1, 0.15) is 61.6 Å². The van der Waals surface area contributed by atoms with Crippen molar-refractivity contribution in [2.75, 3.05) is 0 Å². The first-order valence-corrected chi connectivity index (χ1v) is 6.12. The molecule has 4 nitrogen and oxygen atoms in total. The number of H-pyrrole nitrogens is 1. The van der Waals surface area contributed by atoms with Gasteiger partial charge in [-0.05, 0) is 12.8 Å². The lowest BCUT2D eigenvalue weighted by Crippen LogP contribution is -2.00. The lowest BCUT2D eigenvalue weighted by atomic mass is 10.1. The van der Waals surface area contributed by atoms with Crippen molar-refractivity contribution < 1.29 is 14.3 Å². The molecule has 0 aliphatic carbocycles. The maximum absolute atomic E-state index is 13.4. The zero-order valence-electron chi connectivity index (χ0n) is 10.1. The molecule has 96 valence electrons. The van der Waals surface area contributed by atoms with Crippen LogP contribution in [0.15, 0.2) is 0 Å². The van der Waals surface area contributed by atoms with Gasteiger partial charge in [0.25, 0.3) is 0 Å². The van der Waals surface area contributed by atoms with E-state index in [1.54, 1.807) is 0 Å². The minimum atomic E-state index is -1.33. The van der Waals surface area contributed by atoms with E-state index in [9.17, 15) is 9.18 Å². The zero-order chi connectivity index (χ0) is 12.7. The molecular formula is C12H19FN2O2. The van der Waals surface area contributed by atoms with Crippen molar-refractivity contribution in [3.05, 3.63) is 17.2 Å². The van der Waals surface area contributed by atoms with Gasteiger partial charge in [0.05, 0.1) is 5.69 Å². The third-order valence-electron chi connectivity index (χ3n) is 2.76. The number of aromatic nitrogens is 2. The number of rotatable bonds is 8. The van der Waals surface area contributed by atoms with E-state index < -0.39 is 17.5 Å². The molecule has 1 aromatic rings. The second-order valence-electron chi connectivity index (χ2n) is 4.19. The summed E-state index contributed by atoms with van der Waals surface area (Å²) >= 11 is 0. The van der Waals surface area contributed by atoms with Crippen LogP contribution in [0.2, 0.25) is 0 Å². The highest BCUT2D eigenvalue weighted by atomic mass is 19.1. The van der Waals surface area contributed by atoms with E-state index in [-0.39, 0.29) is 0 Å². The van der Waals surface area contributed by atoms with Crippen LogP contribution < -0.4 is 0 Å². The van der Waals surface area contributed by atoms with Gasteiger partial charge < -0.3 is 5.11 Å². The summed E-state index contributed by atoms with van der Waals surface area (Å²) in [6, 6.07) is 0. The van der Waals surface area contributed by atoms with Gasteiger partial charge in [-0.2, -0.15) is 5.10 Å². The largest absolute Gasteiger partial charge is 0.476 e. The van der Waals surface area contributed by atoms with E-state index in [4.69, 9.17) is 5.11 Å². The van der Waals surface area contributed by atoms with E-state index in [0.29, 0.717) is 12.1 Å². The Labute approximate surface area is 100 Å². The van der Waals surface area contributed by atoms with E-state index in [2.05, 4.69) is 17.1 Å². The van der Waals surface area contributed by atoms with Crippen LogP contribution in [0.3, 0.4) is 0 Å². The predicted molar refractivity (Wildman–Crippen MR) is 62.6 cm³/mol. The standard InChI is InChI=1S/C12H19FN2O2/c1-2-3-4-5-6-7-8-9-10(13)11(12(16)17)15-14-9/h2-8H2,1H3,(H,14,15)(H,16,17). The smallest absolute Gasteiger partial charge is 0.359 e. The van der Waals surface area contributed by atoms with E-state index in [1.165, 1.54) is 19.3 Å². The molecule has 0 unspecified atom stereocenters. The quantitative estimate of drug-likeness (QED) is 0.688. The third-order valence-corrected chi connectivity index (χ3v) is 2.76. The Kier molecular flexibility index (Phi) is 5.66. The predicted octanol–water partition coefficient (Wildman–Crippen LogP) is 3.15. The highest BCUT2D eigenvalue weighted by molar-refractivity contribution is 5.85. The van der Waals surface area contributed by atoms with E-state index in [1.807, 2.05) is 0 Å². The summed E-state index contributed by atoms with van der Waals surface area (Å²) in [6.07, 6.45) is 7.23. The van der Waals surface area contributed by atoms with Gasteiger partial charge >= 0.3 is 5.97 Å². The first-order chi connectivity index (χ1) is 8.16.